The van der Waals surface area contributed by atoms with Crippen LogP contribution in [0.3, 0.4) is 0 Å². The summed E-state index contributed by atoms with van der Waals surface area (Å²) in [4.78, 5) is 0. The second-order valence-corrected chi connectivity index (χ2v) is 6.12. The Labute approximate surface area is 83.9 Å². The number of hydrogen-bond acceptors (Lipinski definition) is 4. The number of nitrogens with one attached hydrogen (secondary N) is 2. The summed E-state index contributed by atoms with van der Waals surface area (Å²) in [6.07, 6.45) is 0.962. The highest BCUT2D eigenvalue weighted by Crippen LogP contribution is 2.17. The smallest absolute Gasteiger partial charge is 0.213 e. The van der Waals surface area contributed by atoms with Gasteiger partial charge < -0.3 is 5.32 Å². The maximum Gasteiger partial charge on any atom is 0.213 e. The Morgan fingerprint density at radius 3 is 2.85 bits per heavy atom. The standard InChI is InChI=1S/C7H16N2O2S2/c1-8-3-5-13(10,11)9-7-2-4-12-6-7/h7-9H,2-6H2,1H3. The lowest BCUT2D eigenvalue weighted by Gasteiger charge is -2.11. The van der Waals surface area contributed by atoms with Crippen LogP contribution in [0.15, 0.2) is 0 Å². The van der Waals surface area contributed by atoms with Gasteiger partial charge in [-0.15, -0.1) is 0 Å². The molecule has 0 aliphatic carbocycles. The summed E-state index contributed by atoms with van der Waals surface area (Å²) < 4.78 is 25.5. The van der Waals surface area contributed by atoms with Crippen LogP contribution in [0.25, 0.3) is 0 Å². The third kappa shape index (κ3) is 4.30. The first-order valence-electron chi connectivity index (χ1n) is 4.36. The van der Waals surface area contributed by atoms with Gasteiger partial charge in [-0.3, -0.25) is 0 Å². The minimum absolute atomic E-state index is 0.159. The van der Waals surface area contributed by atoms with Crippen LogP contribution < -0.4 is 10.0 Å². The average molecular weight is 224 g/mol. The van der Waals surface area contributed by atoms with E-state index < -0.39 is 10.0 Å². The van der Waals surface area contributed by atoms with Crippen molar-refractivity contribution in [3.05, 3.63) is 0 Å². The predicted octanol–water partition coefficient (Wildman–Crippen LogP) is -0.369. The first-order chi connectivity index (χ1) is 6.14. The fraction of sp³-hybridized carbons (Fsp3) is 1.00. The Morgan fingerprint density at radius 1 is 1.54 bits per heavy atom. The molecule has 0 aromatic heterocycles. The molecule has 0 spiro atoms. The Balaban J connectivity index is 2.32. The van der Waals surface area contributed by atoms with Gasteiger partial charge in [-0.05, 0) is 19.2 Å². The van der Waals surface area contributed by atoms with Gasteiger partial charge in [-0.1, -0.05) is 0 Å². The molecule has 1 aliphatic rings. The minimum Gasteiger partial charge on any atom is -0.319 e. The van der Waals surface area contributed by atoms with Gasteiger partial charge >= 0.3 is 0 Å². The molecule has 78 valence electrons. The van der Waals surface area contributed by atoms with Crippen molar-refractivity contribution >= 4 is 21.8 Å². The zero-order chi connectivity index (χ0) is 9.73. The summed E-state index contributed by atoms with van der Waals surface area (Å²) >= 11 is 1.80. The fourth-order valence-electron chi connectivity index (χ4n) is 1.18. The van der Waals surface area contributed by atoms with Gasteiger partial charge in [0.05, 0.1) is 5.75 Å². The van der Waals surface area contributed by atoms with Crippen molar-refractivity contribution in [2.45, 2.75) is 12.5 Å². The van der Waals surface area contributed by atoms with Gasteiger partial charge in [-0.25, -0.2) is 13.1 Å². The molecular weight excluding hydrogens is 208 g/mol. The molecule has 13 heavy (non-hydrogen) atoms. The van der Waals surface area contributed by atoms with Crippen LogP contribution in [-0.2, 0) is 10.0 Å². The van der Waals surface area contributed by atoms with Gasteiger partial charge in [0, 0.05) is 18.3 Å². The van der Waals surface area contributed by atoms with E-state index in [0.717, 1.165) is 17.9 Å². The summed E-state index contributed by atoms with van der Waals surface area (Å²) in [5.74, 6) is 2.16. The van der Waals surface area contributed by atoms with E-state index in [9.17, 15) is 8.42 Å². The van der Waals surface area contributed by atoms with Crippen molar-refractivity contribution in [2.75, 3.05) is 30.9 Å². The molecule has 0 saturated carbocycles. The number of hydrogen-bond donors (Lipinski definition) is 2. The molecule has 1 atom stereocenters. The average Bonchev–Trinajstić information content (AvgIpc) is 2.52. The van der Waals surface area contributed by atoms with Crippen molar-refractivity contribution in [1.29, 1.82) is 0 Å². The molecule has 1 heterocycles. The van der Waals surface area contributed by atoms with E-state index >= 15 is 0 Å². The van der Waals surface area contributed by atoms with E-state index in [1.807, 2.05) is 0 Å². The minimum atomic E-state index is -3.05. The first kappa shape index (κ1) is 11.3. The number of sulfonamides is 1. The van der Waals surface area contributed by atoms with Gasteiger partial charge in [-0.2, -0.15) is 11.8 Å². The van der Waals surface area contributed by atoms with E-state index in [0.29, 0.717) is 6.54 Å². The highest BCUT2D eigenvalue weighted by molar-refractivity contribution is 7.99. The molecule has 0 aromatic rings. The highest BCUT2D eigenvalue weighted by Gasteiger charge is 2.20. The lowest BCUT2D eigenvalue weighted by atomic mass is 10.3. The monoisotopic (exact) mass is 224 g/mol. The van der Waals surface area contributed by atoms with Crippen molar-refractivity contribution < 1.29 is 8.42 Å². The molecular formula is C7H16N2O2S2. The van der Waals surface area contributed by atoms with E-state index in [2.05, 4.69) is 10.0 Å². The van der Waals surface area contributed by atoms with Crippen LogP contribution in [0.5, 0.6) is 0 Å². The van der Waals surface area contributed by atoms with Crippen molar-refractivity contribution in [3.63, 3.8) is 0 Å². The zero-order valence-electron chi connectivity index (χ0n) is 7.75. The maximum atomic E-state index is 11.4. The molecule has 6 heteroatoms. The molecule has 1 aliphatic heterocycles. The Bertz CT molecular complexity index is 235. The van der Waals surface area contributed by atoms with Crippen molar-refractivity contribution in [1.82, 2.24) is 10.0 Å². The van der Waals surface area contributed by atoms with Crippen molar-refractivity contribution in [3.8, 4) is 0 Å². The molecule has 1 unspecified atom stereocenters. The number of thioether (sulfide) groups is 1. The molecule has 0 bridgehead atoms. The van der Waals surface area contributed by atoms with Crippen LogP contribution in [0, 0.1) is 0 Å². The number of rotatable bonds is 5. The van der Waals surface area contributed by atoms with Crippen LogP contribution in [-0.4, -0.2) is 45.3 Å². The quantitative estimate of drug-likeness (QED) is 0.669. The predicted molar refractivity (Wildman–Crippen MR) is 56.6 cm³/mol. The lowest BCUT2D eigenvalue weighted by molar-refractivity contribution is 0.561. The van der Waals surface area contributed by atoms with Gasteiger partial charge in [0.2, 0.25) is 10.0 Å². The molecule has 2 N–H and O–H groups in total. The molecule has 0 amide bonds. The van der Waals surface area contributed by atoms with Crippen LogP contribution in [0.2, 0.25) is 0 Å². The van der Waals surface area contributed by atoms with Gasteiger partial charge in [0.1, 0.15) is 0 Å². The topological polar surface area (TPSA) is 58.2 Å². The molecule has 0 aromatic carbocycles. The molecule has 4 nitrogen and oxygen atoms in total. The largest absolute Gasteiger partial charge is 0.319 e. The van der Waals surface area contributed by atoms with E-state index in [4.69, 9.17) is 0 Å². The fourth-order valence-corrected chi connectivity index (χ4v) is 3.73. The summed E-state index contributed by atoms with van der Waals surface area (Å²) in [5, 5.41) is 2.82. The van der Waals surface area contributed by atoms with E-state index in [1.165, 1.54) is 0 Å². The van der Waals surface area contributed by atoms with Gasteiger partial charge in [0.25, 0.3) is 0 Å². The van der Waals surface area contributed by atoms with Crippen LogP contribution in [0.4, 0.5) is 0 Å². The second-order valence-electron chi connectivity index (χ2n) is 3.10. The lowest BCUT2D eigenvalue weighted by Crippen LogP contribution is -2.38. The normalized spacial score (nSPS) is 23.6. The molecule has 1 saturated heterocycles. The SMILES string of the molecule is CNCCS(=O)(=O)NC1CCSC1. The van der Waals surface area contributed by atoms with Gasteiger partial charge in [0.15, 0.2) is 0 Å². The highest BCUT2D eigenvalue weighted by atomic mass is 32.2. The first-order valence-corrected chi connectivity index (χ1v) is 7.17. The summed E-state index contributed by atoms with van der Waals surface area (Å²) in [6.45, 7) is 0.509. The zero-order valence-corrected chi connectivity index (χ0v) is 9.38. The van der Waals surface area contributed by atoms with Crippen molar-refractivity contribution in [2.24, 2.45) is 0 Å². The Hall–Kier alpha value is 0.220. The van der Waals surface area contributed by atoms with Crippen LogP contribution >= 0.6 is 11.8 Å². The third-order valence-electron chi connectivity index (χ3n) is 1.90. The van der Waals surface area contributed by atoms with E-state index in [-0.39, 0.29) is 11.8 Å². The maximum absolute atomic E-state index is 11.4. The molecule has 0 radical (unpaired) electrons. The second kappa shape index (κ2) is 5.19. The molecule has 1 fully saturated rings. The molecule has 1 rings (SSSR count). The Morgan fingerprint density at radius 2 is 2.31 bits per heavy atom. The summed E-state index contributed by atoms with van der Waals surface area (Å²) in [7, 11) is -1.30. The third-order valence-corrected chi connectivity index (χ3v) is 4.49. The summed E-state index contributed by atoms with van der Waals surface area (Å²) in [5.41, 5.74) is 0. The van der Waals surface area contributed by atoms with E-state index in [1.54, 1.807) is 18.8 Å². The van der Waals surface area contributed by atoms with Crippen LogP contribution in [0.1, 0.15) is 6.42 Å². The Kier molecular flexibility index (Phi) is 4.51. The summed E-state index contributed by atoms with van der Waals surface area (Å²) in [6, 6.07) is 0.159.